The van der Waals surface area contributed by atoms with Crippen LogP contribution in [0.2, 0.25) is 0 Å². The van der Waals surface area contributed by atoms with Crippen molar-refractivity contribution in [2.45, 2.75) is 0 Å². The molecule has 0 aliphatic carbocycles. The molecule has 116 valence electrons. The van der Waals surface area contributed by atoms with Gasteiger partial charge in [0.25, 0.3) is 5.91 Å². The number of phenols is 1. The van der Waals surface area contributed by atoms with Gasteiger partial charge in [0, 0.05) is 20.2 Å². The topological polar surface area (TPSA) is 73.1 Å². The predicted molar refractivity (Wildman–Crippen MR) is 99.9 cm³/mol. The van der Waals surface area contributed by atoms with Crippen LogP contribution in [-0.2, 0) is 4.79 Å². The molecular weight excluding hydrogens is 492 g/mol. The highest BCUT2D eigenvalue weighted by atomic mass is 79.9. The SMILES string of the molecule is N#C/C(=C/c1cc(Br)cc(Br)c1O)C(=O)Nc1ccc(Br)cc1. The van der Waals surface area contributed by atoms with Crippen molar-refractivity contribution in [2.24, 2.45) is 0 Å². The summed E-state index contributed by atoms with van der Waals surface area (Å²) in [6, 6.07) is 12.1. The van der Waals surface area contributed by atoms with Gasteiger partial charge in [0.2, 0.25) is 0 Å². The average molecular weight is 501 g/mol. The molecule has 0 fully saturated rings. The van der Waals surface area contributed by atoms with Crippen molar-refractivity contribution in [2.75, 3.05) is 5.32 Å². The Hall–Kier alpha value is -1.62. The highest BCUT2D eigenvalue weighted by molar-refractivity contribution is 9.11. The van der Waals surface area contributed by atoms with E-state index in [1.807, 2.05) is 6.07 Å². The lowest BCUT2D eigenvalue weighted by molar-refractivity contribution is -0.112. The number of halogens is 3. The van der Waals surface area contributed by atoms with Crippen LogP contribution >= 0.6 is 47.8 Å². The van der Waals surface area contributed by atoms with Crippen LogP contribution in [-0.4, -0.2) is 11.0 Å². The molecule has 2 aromatic rings. The minimum absolute atomic E-state index is 0.0441. The van der Waals surface area contributed by atoms with Gasteiger partial charge >= 0.3 is 0 Å². The summed E-state index contributed by atoms with van der Waals surface area (Å²) in [6.07, 6.45) is 1.33. The first kappa shape index (κ1) is 17.7. The van der Waals surface area contributed by atoms with Gasteiger partial charge in [-0.05, 0) is 58.4 Å². The maximum absolute atomic E-state index is 12.2. The van der Waals surface area contributed by atoms with Gasteiger partial charge in [-0.1, -0.05) is 31.9 Å². The van der Waals surface area contributed by atoms with Gasteiger partial charge in [0.15, 0.2) is 0 Å². The van der Waals surface area contributed by atoms with Gasteiger partial charge < -0.3 is 10.4 Å². The first-order valence-electron chi connectivity index (χ1n) is 6.27. The molecule has 0 saturated heterocycles. The monoisotopic (exact) mass is 498 g/mol. The Bertz CT molecular complexity index is 824. The second-order valence-electron chi connectivity index (χ2n) is 4.46. The second-order valence-corrected chi connectivity index (χ2v) is 7.14. The van der Waals surface area contributed by atoms with Gasteiger partial charge in [-0.15, -0.1) is 0 Å². The van der Waals surface area contributed by atoms with Crippen LogP contribution in [0.1, 0.15) is 5.56 Å². The summed E-state index contributed by atoms with van der Waals surface area (Å²) in [6.45, 7) is 0. The number of rotatable bonds is 3. The standard InChI is InChI=1S/C16H9Br3N2O2/c17-11-1-3-13(4-2-11)21-16(23)10(8-20)5-9-6-12(18)7-14(19)15(9)22/h1-7,22H,(H,21,23)/b10-5-. The average Bonchev–Trinajstić information content (AvgIpc) is 2.51. The van der Waals surface area contributed by atoms with E-state index in [1.165, 1.54) is 6.08 Å². The number of aromatic hydroxyl groups is 1. The van der Waals surface area contributed by atoms with E-state index in [4.69, 9.17) is 0 Å². The van der Waals surface area contributed by atoms with Crippen molar-refractivity contribution in [3.05, 3.63) is 61.0 Å². The van der Waals surface area contributed by atoms with Crippen molar-refractivity contribution in [1.82, 2.24) is 0 Å². The molecule has 23 heavy (non-hydrogen) atoms. The molecule has 0 aromatic heterocycles. The molecular formula is C16H9Br3N2O2. The maximum atomic E-state index is 12.2. The Balaban J connectivity index is 2.30. The van der Waals surface area contributed by atoms with Gasteiger partial charge in [-0.3, -0.25) is 4.79 Å². The van der Waals surface area contributed by atoms with Crippen LogP contribution in [0.25, 0.3) is 6.08 Å². The number of carbonyl (C=O) groups excluding carboxylic acids is 1. The van der Waals surface area contributed by atoms with Crippen LogP contribution < -0.4 is 5.32 Å². The Morgan fingerprint density at radius 2 is 1.78 bits per heavy atom. The quantitative estimate of drug-likeness (QED) is 0.448. The van der Waals surface area contributed by atoms with Gasteiger partial charge in [-0.25, -0.2) is 0 Å². The lowest BCUT2D eigenvalue weighted by atomic mass is 10.1. The number of benzene rings is 2. The molecule has 0 bridgehead atoms. The molecule has 2 N–H and O–H groups in total. The summed E-state index contributed by atoms with van der Waals surface area (Å²) >= 11 is 9.81. The highest BCUT2D eigenvalue weighted by Crippen LogP contribution is 2.33. The van der Waals surface area contributed by atoms with E-state index in [9.17, 15) is 15.2 Å². The Morgan fingerprint density at radius 1 is 1.13 bits per heavy atom. The molecule has 4 nitrogen and oxygen atoms in total. The van der Waals surface area contributed by atoms with Crippen LogP contribution in [0.5, 0.6) is 5.75 Å². The van der Waals surface area contributed by atoms with Gasteiger partial charge in [0.05, 0.1) is 4.47 Å². The number of hydrogen-bond acceptors (Lipinski definition) is 3. The Labute approximate surface area is 158 Å². The van der Waals surface area contributed by atoms with Crippen molar-refractivity contribution in [1.29, 1.82) is 5.26 Å². The van der Waals surface area contributed by atoms with Crippen LogP contribution in [0.4, 0.5) is 5.69 Å². The van der Waals surface area contributed by atoms with E-state index in [-0.39, 0.29) is 11.3 Å². The first-order valence-corrected chi connectivity index (χ1v) is 8.65. The minimum atomic E-state index is -0.551. The summed E-state index contributed by atoms with van der Waals surface area (Å²) in [5.74, 6) is -0.595. The van der Waals surface area contributed by atoms with Crippen molar-refractivity contribution < 1.29 is 9.90 Å². The second kappa shape index (κ2) is 7.77. The largest absolute Gasteiger partial charge is 0.506 e. The number of nitriles is 1. The molecule has 0 radical (unpaired) electrons. The summed E-state index contributed by atoms with van der Waals surface area (Å²) in [5, 5.41) is 21.9. The fourth-order valence-electron chi connectivity index (χ4n) is 1.73. The summed E-state index contributed by atoms with van der Waals surface area (Å²) < 4.78 is 2.05. The van der Waals surface area contributed by atoms with E-state index in [2.05, 4.69) is 53.1 Å². The van der Waals surface area contributed by atoms with Crippen molar-refractivity contribution in [3.8, 4) is 11.8 Å². The minimum Gasteiger partial charge on any atom is -0.506 e. The number of carbonyl (C=O) groups is 1. The molecule has 0 aliphatic rings. The smallest absolute Gasteiger partial charge is 0.266 e. The molecule has 0 aliphatic heterocycles. The highest BCUT2D eigenvalue weighted by Gasteiger charge is 2.12. The maximum Gasteiger partial charge on any atom is 0.266 e. The Kier molecular flexibility index (Phi) is 5.99. The van der Waals surface area contributed by atoms with E-state index in [0.29, 0.717) is 20.2 Å². The normalized spacial score (nSPS) is 11.0. The van der Waals surface area contributed by atoms with E-state index >= 15 is 0 Å². The van der Waals surface area contributed by atoms with Gasteiger partial charge in [0.1, 0.15) is 17.4 Å². The summed E-state index contributed by atoms with van der Waals surface area (Å²) in [7, 11) is 0. The van der Waals surface area contributed by atoms with Gasteiger partial charge in [-0.2, -0.15) is 5.26 Å². The fourth-order valence-corrected chi connectivity index (χ4v) is 3.25. The molecule has 0 heterocycles. The van der Waals surface area contributed by atoms with Crippen LogP contribution in [0.3, 0.4) is 0 Å². The summed E-state index contributed by atoms with van der Waals surface area (Å²) in [4.78, 5) is 12.2. The number of hydrogen-bond donors (Lipinski definition) is 2. The van der Waals surface area contributed by atoms with E-state index in [0.717, 1.165) is 4.47 Å². The van der Waals surface area contributed by atoms with Crippen molar-refractivity contribution in [3.63, 3.8) is 0 Å². The zero-order valence-electron chi connectivity index (χ0n) is 11.5. The van der Waals surface area contributed by atoms with Crippen LogP contribution in [0, 0.1) is 11.3 Å². The molecule has 0 unspecified atom stereocenters. The lowest BCUT2D eigenvalue weighted by Crippen LogP contribution is -2.13. The third kappa shape index (κ3) is 4.67. The van der Waals surface area contributed by atoms with E-state index in [1.54, 1.807) is 36.4 Å². The zero-order chi connectivity index (χ0) is 17.0. The summed E-state index contributed by atoms with van der Waals surface area (Å²) in [5.41, 5.74) is 0.806. The number of nitrogens with zero attached hydrogens (tertiary/aromatic N) is 1. The van der Waals surface area contributed by atoms with E-state index < -0.39 is 5.91 Å². The number of nitrogens with one attached hydrogen (secondary N) is 1. The molecule has 0 saturated carbocycles. The molecule has 2 rings (SSSR count). The molecule has 1 amide bonds. The first-order chi connectivity index (χ1) is 10.9. The van der Waals surface area contributed by atoms with Crippen LogP contribution in [0.15, 0.2) is 55.4 Å². The zero-order valence-corrected chi connectivity index (χ0v) is 16.2. The third-order valence-electron chi connectivity index (χ3n) is 2.82. The molecule has 2 aromatic carbocycles. The lowest BCUT2D eigenvalue weighted by Gasteiger charge is -2.06. The Morgan fingerprint density at radius 3 is 2.39 bits per heavy atom. The number of amides is 1. The van der Waals surface area contributed by atoms with Crippen molar-refractivity contribution >= 4 is 65.5 Å². The number of anilines is 1. The molecule has 7 heteroatoms. The number of phenolic OH excluding ortho intramolecular Hbond substituents is 1. The molecule has 0 spiro atoms. The predicted octanol–water partition coefficient (Wildman–Crippen LogP) is 5.23. The fraction of sp³-hybridized carbons (Fsp3) is 0. The third-order valence-corrected chi connectivity index (χ3v) is 4.42. The molecule has 0 atom stereocenters.